The first kappa shape index (κ1) is 12.5. The molecule has 94 valence electrons. The fraction of sp³-hybridized carbons (Fsp3) is 0.583. The topological polar surface area (TPSA) is 64.4 Å². The number of thiophene rings is 1. The summed E-state index contributed by atoms with van der Waals surface area (Å²) in [5.41, 5.74) is 5.84. The maximum Gasteiger partial charge on any atom is 0.242 e. The highest BCUT2D eigenvalue weighted by Crippen LogP contribution is 2.17. The Hall–Kier alpha value is -0.910. The van der Waals surface area contributed by atoms with Crippen LogP contribution in [0.2, 0.25) is 0 Å². The molecule has 1 aromatic heterocycles. The molecule has 4 nitrogen and oxygen atoms in total. The molecule has 2 atom stereocenters. The van der Waals surface area contributed by atoms with Crippen molar-refractivity contribution in [3.05, 3.63) is 22.4 Å². The summed E-state index contributed by atoms with van der Waals surface area (Å²) in [4.78, 5) is 12.6. The van der Waals surface area contributed by atoms with Gasteiger partial charge in [0.25, 0.3) is 0 Å². The number of carbonyl (C=O) groups is 1. The Morgan fingerprint density at radius 1 is 1.71 bits per heavy atom. The van der Waals surface area contributed by atoms with Gasteiger partial charge in [-0.1, -0.05) is 6.07 Å². The van der Waals surface area contributed by atoms with E-state index in [1.165, 1.54) is 11.3 Å². The Balaban J connectivity index is 1.69. The molecular formula is C12H18N2O2S. The minimum absolute atomic E-state index is 0.106. The lowest BCUT2D eigenvalue weighted by atomic mass is 10.2. The Labute approximate surface area is 105 Å². The summed E-state index contributed by atoms with van der Waals surface area (Å²) in [6.07, 6.45) is 3.43. The summed E-state index contributed by atoms with van der Waals surface area (Å²) in [6.45, 7) is 1.50. The molecule has 0 saturated carbocycles. The van der Waals surface area contributed by atoms with Gasteiger partial charge in [-0.3, -0.25) is 4.79 Å². The van der Waals surface area contributed by atoms with Crippen LogP contribution >= 0.6 is 11.3 Å². The Morgan fingerprint density at radius 3 is 3.24 bits per heavy atom. The molecule has 2 rings (SSSR count). The summed E-state index contributed by atoms with van der Waals surface area (Å²) >= 11 is 1.51. The largest absolute Gasteiger partial charge is 0.378 e. The molecule has 1 amide bonds. The summed E-state index contributed by atoms with van der Waals surface area (Å²) in [5, 5.41) is 4.79. The SMILES string of the molecule is NC(C(=O)NCCC1CCCO1)c1cccs1. The molecule has 0 aliphatic carbocycles. The zero-order chi connectivity index (χ0) is 12.1. The van der Waals surface area contributed by atoms with Gasteiger partial charge < -0.3 is 15.8 Å². The van der Waals surface area contributed by atoms with Crippen LogP contribution in [-0.4, -0.2) is 25.2 Å². The first-order valence-corrected chi connectivity index (χ1v) is 6.83. The van der Waals surface area contributed by atoms with Crippen LogP contribution in [0.1, 0.15) is 30.2 Å². The molecule has 17 heavy (non-hydrogen) atoms. The third kappa shape index (κ3) is 3.52. The van der Waals surface area contributed by atoms with Crippen LogP contribution in [0, 0.1) is 0 Å². The number of hydrogen-bond donors (Lipinski definition) is 2. The van der Waals surface area contributed by atoms with Gasteiger partial charge in [-0.25, -0.2) is 0 Å². The second-order valence-corrected chi connectivity index (χ2v) is 5.19. The summed E-state index contributed by atoms with van der Waals surface area (Å²) in [5.74, 6) is -0.106. The van der Waals surface area contributed by atoms with E-state index in [0.717, 1.165) is 30.7 Å². The minimum atomic E-state index is -0.542. The number of ether oxygens (including phenoxy) is 1. The van der Waals surface area contributed by atoms with E-state index in [2.05, 4.69) is 5.32 Å². The first-order chi connectivity index (χ1) is 8.27. The van der Waals surface area contributed by atoms with Crippen LogP contribution < -0.4 is 11.1 Å². The lowest BCUT2D eigenvalue weighted by Crippen LogP contribution is -2.35. The molecule has 1 saturated heterocycles. The molecule has 1 fully saturated rings. The predicted octanol–water partition coefficient (Wildman–Crippen LogP) is 1.43. The quantitative estimate of drug-likeness (QED) is 0.835. The van der Waals surface area contributed by atoms with Crippen molar-refractivity contribution in [2.75, 3.05) is 13.2 Å². The van der Waals surface area contributed by atoms with E-state index in [-0.39, 0.29) is 5.91 Å². The van der Waals surface area contributed by atoms with Gasteiger partial charge >= 0.3 is 0 Å². The fourth-order valence-corrected chi connectivity index (χ4v) is 2.66. The average Bonchev–Trinajstić information content (AvgIpc) is 3.00. The molecule has 5 heteroatoms. The molecule has 0 bridgehead atoms. The average molecular weight is 254 g/mol. The number of hydrogen-bond acceptors (Lipinski definition) is 4. The number of rotatable bonds is 5. The highest BCUT2D eigenvalue weighted by atomic mass is 32.1. The molecule has 1 aromatic rings. The molecule has 1 aliphatic heterocycles. The van der Waals surface area contributed by atoms with Crippen molar-refractivity contribution in [2.45, 2.75) is 31.4 Å². The van der Waals surface area contributed by atoms with Gasteiger partial charge in [0.15, 0.2) is 0 Å². The number of amides is 1. The standard InChI is InChI=1S/C12H18N2O2S/c13-11(10-4-2-8-17-10)12(15)14-6-5-9-3-1-7-16-9/h2,4,8-9,11H,1,3,5-7,13H2,(H,14,15). The minimum Gasteiger partial charge on any atom is -0.378 e. The van der Waals surface area contributed by atoms with Crippen LogP contribution in [0.15, 0.2) is 17.5 Å². The van der Waals surface area contributed by atoms with Gasteiger partial charge in [0, 0.05) is 18.0 Å². The van der Waals surface area contributed by atoms with E-state index in [1.807, 2.05) is 17.5 Å². The Kier molecular flexibility index (Phi) is 4.53. The summed E-state index contributed by atoms with van der Waals surface area (Å²) in [7, 11) is 0. The maximum absolute atomic E-state index is 11.7. The third-order valence-electron chi connectivity index (χ3n) is 2.92. The smallest absolute Gasteiger partial charge is 0.242 e. The van der Waals surface area contributed by atoms with E-state index >= 15 is 0 Å². The molecule has 1 aliphatic rings. The van der Waals surface area contributed by atoms with Gasteiger partial charge in [0.1, 0.15) is 6.04 Å². The van der Waals surface area contributed by atoms with Crippen LogP contribution in [0.3, 0.4) is 0 Å². The summed E-state index contributed by atoms with van der Waals surface area (Å²) in [6, 6.07) is 3.24. The second-order valence-electron chi connectivity index (χ2n) is 4.21. The fourth-order valence-electron chi connectivity index (χ4n) is 1.94. The zero-order valence-corrected chi connectivity index (χ0v) is 10.5. The highest BCUT2D eigenvalue weighted by Gasteiger charge is 2.18. The van der Waals surface area contributed by atoms with Crippen molar-refractivity contribution in [1.29, 1.82) is 0 Å². The van der Waals surface area contributed by atoms with E-state index < -0.39 is 6.04 Å². The van der Waals surface area contributed by atoms with Gasteiger partial charge in [0.05, 0.1) is 6.10 Å². The Bertz CT molecular complexity index is 347. The molecular weight excluding hydrogens is 236 g/mol. The first-order valence-electron chi connectivity index (χ1n) is 5.95. The number of nitrogens with one attached hydrogen (secondary N) is 1. The lowest BCUT2D eigenvalue weighted by Gasteiger charge is -2.13. The normalized spacial score (nSPS) is 21.4. The molecule has 2 heterocycles. The van der Waals surface area contributed by atoms with Crippen molar-refractivity contribution < 1.29 is 9.53 Å². The molecule has 0 radical (unpaired) electrons. The third-order valence-corrected chi connectivity index (χ3v) is 3.88. The maximum atomic E-state index is 11.7. The molecule has 0 aromatic carbocycles. The van der Waals surface area contributed by atoms with Crippen molar-refractivity contribution in [3.63, 3.8) is 0 Å². The second kappa shape index (κ2) is 6.14. The van der Waals surface area contributed by atoms with Crippen LogP contribution in [0.5, 0.6) is 0 Å². The number of carbonyl (C=O) groups excluding carboxylic acids is 1. The van der Waals surface area contributed by atoms with Gasteiger partial charge in [0.2, 0.25) is 5.91 Å². The highest BCUT2D eigenvalue weighted by molar-refractivity contribution is 7.10. The van der Waals surface area contributed by atoms with Crippen molar-refractivity contribution in [1.82, 2.24) is 5.32 Å². The molecule has 0 spiro atoms. The van der Waals surface area contributed by atoms with Crippen molar-refractivity contribution >= 4 is 17.2 Å². The van der Waals surface area contributed by atoms with E-state index in [0.29, 0.717) is 12.6 Å². The van der Waals surface area contributed by atoms with Gasteiger partial charge in [-0.05, 0) is 30.7 Å². The molecule has 2 unspecified atom stereocenters. The zero-order valence-electron chi connectivity index (χ0n) is 9.72. The van der Waals surface area contributed by atoms with Crippen LogP contribution in [0.25, 0.3) is 0 Å². The molecule has 3 N–H and O–H groups in total. The van der Waals surface area contributed by atoms with Gasteiger partial charge in [-0.2, -0.15) is 0 Å². The van der Waals surface area contributed by atoms with Crippen molar-refractivity contribution in [2.24, 2.45) is 5.73 Å². The van der Waals surface area contributed by atoms with Crippen LogP contribution in [0.4, 0.5) is 0 Å². The lowest BCUT2D eigenvalue weighted by molar-refractivity contribution is -0.122. The monoisotopic (exact) mass is 254 g/mol. The van der Waals surface area contributed by atoms with E-state index in [9.17, 15) is 4.79 Å². The van der Waals surface area contributed by atoms with E-state index in [1.54, 1.807) is 0 Å². The Morgan fingerprint density at radius 2 is 2.59 bits per heavy atom. The predicted molar refractivity (Wildman–Crippen MR) is 67.8 cm³/mol. The number of nitrogens with two attached hydrogens (primary N) is 1. The van der Waals surface area contributed by atoms with E-state index in [4.69, 9.17) is 10.5 Å². The summed E-state index contributed by atoms with van der Waals surface area (Å²) < 4.78 is 5.49. The van der Waals surface area contributed by atoms with Crippen molar-refractivity contribution in [3.8, 4) is 0 Å². The van der Waals surface area contributed by atoms with Crippen LogP contribution in [-0.2, 0) is 9.53 Å². The van der Waals surface area contributed by atoms with Gasteiger partial charge in [-0.15, -0.1) is 11.3 Å².